The van der Waals surface area contributed by atoms with Crippen molar-refractivity contribution < 1.29 is 4.79 Å². The summed E-state index contributed by atoms with van der Waals surface area (Å²) in [5, 5.41) is 1.85. The van der Waals surface area contributed by atoms with Crippen LogP contribution in [-0.4, -0.2) is 33.6 Å². The highest BCUT2D eigenvalue weighted by molar-refractivity contribution is 8.00. The maximum Gasteiger partial charge on any atom is 0.273 e. The molecular formula is C14H15N3OS2. The SMILES string of the molecule is CSc1nc(C(=O)N2CCC[C@H]2c2ccccn2)cs1. The molecule has 0 unspecified atom stereocenters. The highest BCUT2D eigenvalue weighted by Crippen LogP contribution is 2.32. The number of thioether (sulfide) groups is 1. The number of thiazole rings is 1. The molecule has 1 amide bonds. The summed E-state index contributed by atoms with van der Waals surface area (Å²) in [6.07, 6.45) is 5.75. The van der Waals surface area contributed by atoms with Crippen molar-refractivity contribution in [2.45, 2.75) is 23.2 Å². The maximum atomic E-state index is 12.6. The van der Waals surface area contributed by atoms with Gasteiger partial charge in [-0.15, -0.1) is 11.3 Å². The van der Waals surface area contributed by atoms with Gasteiger partial charge in [0.05, 0.1) is 11.7 Å². The average molecular weight is 305 g/mol. The molecule has 0 radical (unpaired) electrons. The molecule has 0 N–H and O–H groups in total. The molecule has 0 spiro atoms. The van der Waals surface area contributed by atoms with E-state index in [9.17, 15) is 4.79 Å². The summed E-state index contributed by atoms with van der Waals surface area (Å²) in [4.78, 5) is 23.3. The zero-order chi connectivity index (χ0) is 13.9. The summed E-state index contributed by atoms with van der Waals surface area (Å²) >= 11 is 3.09. The van der Waals surface area contributed by atoms with Crippen molar-refractivity contribution in [2.24, 2.45) is 0 Å². The van der Waals surface area contributed by atoms with E-state index < -0.39 is 0 Å². The second-order valence-corrected chi connectivity index (χ2v) is 6.53. The van der Waals surface area contributed by atoms with E-state index in [1.54, 1.807) is 18.0 Å². The van der Waals surface area contributed by atoms with Gasteiger partial charge in [-0.3, -0.25) is 9.78 Å². The standard InChI is InChI=1S/C14H15N3OS2/c1-19-14-16-11(9-20-14)13(18)17-8-4-6-12(17)10-5-2-3-7-15-10/h2-3,5,7,9,12H,4,6,8H2,1H3/t12-/m0/s1. The third-order valence-electron chi connectivity index (χ3n) is 3.42. The van der Waals surface area contributed by atoms with Crippen LogP contribution in [0.15, 0.2) is 34.1 Å². The fourth-order valence-corrected chi connectivity index (χ4v) is 3.72. The normalized spacial score (nSPS) is 18.4. The molecule has 1 aliphatic heterocycles. The maximum absolute atomic E-state index is 12.6. The molecule has 1 saturated heterocycles. The molecule has 0 bridgehead atoms. The summed E-state index contributed by atoms with van der Waals surface area (Å²) in [5.74, 6) is 0.0229. The molecule has 104 valence electrons. The van der Waals surface area contributed by atoms with E-state index in [0.29, 0.717) is 5.69 Å². The van der Waals surface area contributed by atoms with Crippen LogP contribution in [0.5, 0.6) is 0 Å². The summed E-state index contributed by atoms with van der Waals surface area (Å²) in [7, 11) is 0. The summed E-state index contributed by atoms with van der Waals surface area (Å²) in [6, 6.07) is 5.95. The van der Waals surface area contributed by atoms with Crippen molar-refractivity contribution in [3.05, 3.63) is 41.2 Å². The third-order valence-corrected chi connectivity index (χ3v) is 5.28. The molecule has 1 aliphatic rings. The van der Waals surface area contributed by atoms with Gasteiger partial charge in [-0.1, -0.05) is 17.8 Å². The molecule has 0 saturated carbocycles. The van der Waals surface area contributed by atoms with E-state index in [-0.39, 0.29) is 11.9 Å². The lowest BCUT2D eigenvalue weighted by atomic mass is 10.1. The minimum atomic E-state index is 0.0229. The molecule has 0 aromatic carbocycles. The first-order chi connectivity index (χ1) is 9.79. The van der Waals surface area contributed by atoms with E-state index in [1.165, 1.54) is 11.3 Å². The predicted molar refractivity (Wildman–Crippen MR) is 81.1 cm³/mol. The van der Waals surface area contributed by atoms with Gasteiger partial charge in [0.15, 0.2) is 0 Å². The lowest BCUT2D eigenvalue weighted by Crippen LogP contribution is -2.31. The molecule has 20 heavy (non-hydrogen) atoms. The van der Waals surface area contributed by atoms with Gasteiger partial charge in [0.2, 0.25) is 0 Å². The highest BCUT2D eigenvalue weighted by atomic mass is 32.2. The zero-order valence-electron chi connectivity index (χ0n) is 11.2. The van der Waals surface area contributed by atoms with E-state index in [2.05, 4.69) is 9.97 Å². The number of nitrogens with zero attached hydrogens (tertiary/aromatic N) is 3. The van der Waals surface area contributed by atoms with Crippen molar-refractivity contribution >= 4 is 29.0 Å². The predicted octanol–water partition coefficient (Wildman–Crippen LogP) is 3.24. The summed E-state index contributed by atoms with van der Waals surface area (Å²) < 4.78 is 0.932. The number of amides is 1. The Bertz CT molecular complexity index is 599. The third kappa shape index (κ3) is 2.58. The van der Waals surface area contributed by atoms with E-state index >= 15 is 0 Å². The van der Waals surface area contributed by atoms with Gasteiger partial charge in [0.25, 0.3) is 5.91 Å². The van der Waals surface area contributed by atoms with Crippen LogP contribution >= 0.6 is 23.1 Å². The summed E-state index contributed by atoms with van der Waals surface area (Å²) in [6.45, 7) is 0.784. The Morgan fingerprint density at radius 2 is 2.40 bits per heavy atom. The largest absolute Gasteiger partial charge is 0.329 e. The fraction of sp³-hybridized carbons (Fsp3) is 0.357. The molecule has 1 atom stereocenters. The Balaban J connectivity index is 1.83. The molecule has 1 fully saturated rings. The van der Waals surface area contributed by atoms with Gasteiger partial charge >= 0.3 is 0 Å². The zero-order valence-corrected chi connectivity index (χ0v) is 12.8. The van der Waals surface area contributed by atoms with E-state index in [1.807, 2.05) is 34.7 Å². The quantitative estimate of drug-likeness (QED) is 0.817. The van der Waals surface area contributed by atoms with Gasteiger partial charge in [-0.2, -0.15) is 0 Å². The van der Waals surface area contributed by atoms with Gasteiger partial charge < -0.3 is 4.90 Å². The van der Waals surface area contributed by atoms with Crippen LogP contribution < -0.4 is 0 Å². The Morgan fingerprint density at radius 3 is 3.10 bits per heavy atom. The first-order valence-corrected chi connectivity index (χ1v) is 8.61. The molecular weight excluding hydrogens is 290 g/mol. The number of rotatable bonds is 3. The van der Waals surface area contributed by atoms with Crippen molar-refractivity contribution in [3.8, 4) is 0 Å². The average Bonchev–Trinajstić information content (AvgIpc) is 3.16. The van der Waals surface area contributed by atoms with Crippen molar-refractivity contribution in [2.75, 3.05) is 12.8 Å². The van der Waals surface area contributed by atoms with Crippen LogP contribution in [0.25, 0.3) is 0 Å². The second-order valence-electron chi connectivity index (χ2n) is 4.61. The first kappa shape index (κ1) is 13.6. The molecule has 3 heterocycles. The van der Waals surface area contributed by atoms with Gasteiger partial charge in [-0.25, -0.2) is 4.98 Å². The van der Waals surface area contributed by atoms with Crippen LogP contribution in [0.3, 0.4) is 0 Å². The summed E-state index contributed by atoms with van der Waals surface area (Å²) in [5.41, 5.74) is 1.53. The number of hydrogen-bond acceptors (Lipinski definition) is 5. The van der Waals surface area contributed by atoms with Gasteiger partial charge in [-0.05, 0) is 31.2 Å². The van der Waals surface area contributed by atoms with Crippen LogP contribution in [0.4, 0.5) is 0 Å². The van der Waals surface area contributed by atoms with Crippen molar-refractivity contribution in [1.82, 2.24) is 14.9 Å². The van der Waals surface area contributed by atoms with Crippen LogP contribution in [0, 0.1) is 0 Å². The number of carbonyl (C=O) groups is 1. The number of pyridine rings is 1. The second kappa shape index (κ2) is 5.93. The van der Waals surface area contributed by atoms with E-state index in [4.69, 9.17) is 0 Å². The minimum absolute atomic E-state index is 0.0229. The molecule has 2 aromatic rings. The molecule has 4 nitrogen and oxygen atoms in total. The van der Waals surface area contributed by atoms with Crippen molar-refractivity contribution in [3.63, 3.8) is 0 Å². The Hall–Kier alpha value is -1.40. The Morgan fingerprint density at radius 1 is 1.50 bits per heavy atom. The lowest BCUT2D eigenvalue weighted by molar-refractivity contribution is 0.0727. The van der Waals surface area contributed by atoms with Crippen LogP contribution in [-0.2, 0) is 0 Å². The highest BCUT2D eigenvalue weighted by Gasteiger charge is 2.32. The van der Waals surface area contributed by atoms with Crippen LogP contribution in [0.1, 0.15) is 35.1 Å². The van der Waals surface area contributed by atoms with Crippen molar-refractivity contribution in [1.29, 1.82) is 0 Å². The number of hydrogen-bond donors (Lipinski definition) is 0. The van der Waals surface area contributed by atoms with Gasteiger partial charge in [0.1, 0.15) is 10.0 Å². The van der Waals surface area contributed by atoms with E-state index in [0.717, 1.165) is 29.4 Å². The minimum Gasteiger partial charge on any atom is -0.329 e. The van der Waals surface area contributed by atoms with Crippen LogP contribution in [0.2, 0.25) is 0 Å². The first-order valence-electron chi connectivity index (χ1n) is 6.51. The molecule has 3 rings (SSSR count). The molecule has 2 aromatic heterocycles. The smallest absolute Gasteiger partial charge is 0.273 e. The molecule has 6 heteroatoms. The number of carbonyl (C=O) groups excluding carboxylic acids is 1. The lowest BCUT2D eigenvalue weighted by Gasteiger charge is -2.23. The number of likely N-dealkylation sites (tertiary alicyclic amines) is 1. The fourth-order valence-electron chi connectivity index (χ4n) is 2.49. The Labute approximate surface area is 126 Å². The Kier molecular flexibility index (Phi) is 4.03. The number of aromatic nitrogens is 2. The molecule has 0 aliphatic carbocycles. The van der Waals surface area contributed by atoms with Gasteiger partial charge in [0, 0.05) is 18.1 Å². The monoisotopic (exact) mass is 305 g/mol. The topological polar surface area (TPSA) is 46.1 Å².